The van der Waals surface area contributed by atoms with E-state index in [4.69, 9.17) is 0 Å². The average molecular weight is 240 g/mol. The lowest BCUT2D eigenvalue weighted by Gasteiger charge is -2.48. The molecule has 2 bridgehead atoms. The number of fused-ring (bicyclic) bond motifs is 2. The molecule has 0 amide bonds. The van der Waals surface area contributed by atoms with E-state index in [1.165, 1.54) is 6.42 Å². The zero-order chi connectivity index (χ0) is 12.8. The fourth-order valence-electron chi connectivity index (χ4n) is 4.00. The highest BCUT2D eigenvalue weighted by Gasteiger charge is 2.43. The van der Waals surface area contributed by atoms with Crippen LogP contribution in [-0.2, 0) is 0 Å². The van der Waals surface area contributed by atoms with E-state index >= 15 is 0 Å². The van der Waals surface area contributed by atoms with Crippen LogP contribution in [-0.4, -0.2) is 21.4 Å². The Morgan fingerprint density at radius 2 is 0.941 bits per heavy atom. The Bertz CT molecular complexity index is 232. The van der Waals surface area contributed by atoms with Gasteiger partial charge in [-0.25, -0.2) is 0 Å². The Balaban J connectivity index is 2.03. The monoisotopic (exact) mass is 240 g/mol. The predicted octanol–water partition coefficient (Wildman–Crippen LogP) is 2.97. The molecule has 0 spiro atoms. The van der Waals surface area contributed by atoms with Crippen molar-refractivity contribution in [3.8, 4) is 0 Å². The standard InChI is InChI=1S/C15H28O2/c1-14(2,16)12-6-10-5-11(7-12)9-13(8-10)15(3,4)17/h10-13,16-17H,5-9H2,1-4H3. The van der Waals surface area contributed by atoms with Gasteiger partial charge in [-0.3, -0.25) is 0 Å². The number of hydrogen-bond donors (Lipinski definition) is 2. The Labute approximate surface area is 105 Å². The normalized spacial score (nSPS) is 39.2. The minimum Gasteiger partial charge on any atom is -0.390 e. The lowest BCUT2D eigenvalue weighted by molar-refractivity contribution is -0.0712. The van der Waals surface area contributed by atoms with Crippen LogP contribution in [0.15, 0.2) is 0 Å². The van der Waals surface area contributed by atoms with Gasteiger partial charge < -0.3 is 10.2 Å². The second kappa shape index (κ2) is 4.24. The summed E-state index contributed by atoms with van der Waals surface area (Å²) in [5.74, 6) is 2.34. The molecule has 0 aromatic carbocycles. The van der Waals surface area contributed by atoms with Gasteiger partial charge in [-0.05, 0) is 83.5 Å². The summed E-state index contributed by atoms with van der Waals surface area (Å²) >= 11 is 0. The van der Waals surface area contributed by atoms with Crippen LogP contribution < -0.4 is 0 Å². The number of rotatable bonds is 2. The molecule has 0 unspecified atom stereocenters. The molecule has 2 rings (SSSR count). The fourth-order valence-corrected chi connectivity index (χ4v) is 4.00. The van der Waals surface area contributed by atoms with Crippen LogP contribution in [0.25, 0.3) is 0 Å². The van der Waals surface area contributed by atoms with Crippen molar-refractivity contribution in [2.45, 2.75) is 71.0 Å². The van der Waals surface area contributed by atoms with Gasteiger partial charge in [0.1, 0.15) is 0 Å². The van der Waals surface area contributed by atoms with E-state index in [1.54, 1.807) is 0 Å². The van der Waals surface area contributed by atoms with Crippen LogP contribution in [0, 0.1) is 23.7 Å². The van der Waals surface area contributed by atoms with Crippen LogP contribution in [0.2, 0.25) is 0 Å². The van der Waals surface area contributed by atoms with Crippen molar-refractivity contribution in [3.63, 3.8) is 0 Å². The summed E-state index contributed by atoms with van der Waals surface area (Å²) in [7, 11) is 0. The van der Waals surface area contributed by atoms with Crippen molar-refractivity contribution in [1.82, 2.24) is 0 Å². The molecular weight excluding hydrogens is 212 g/mol. The van der Waals surface area contributed by atoms with Gasteiger partial charge >= 0.3 is 0 Å². The summed E-state index contributed by atoms with van der Waals surface area (Å²) < 4.78 is 0. The maximum absolute atomic E-state index is 10.2. The highest BCUT2D eigenvalue weighted by Crippen LogP contribution is 2.49. The zero-order valence-corrected chi connectivity index (χ0v) is 11.7. The van der Waals surface area contributed by atoms with Crippen molar-refractivity contribution in [3.05, 3.63) is 0 Å². The topological polar surface area (TPSA) is 40.5 Å². The first kappa shape index (κ1) is 13.4. The Hall–Kier alpha value is -0.0800. The van der Waals surface area contributed by atoms with Crippen LogP contribution in [0.3, 0.4) is 0 Å². The quantitative estimate of drug-likeness (QED) is 0.779. The minimum absolute atomic E-state index is 0.453. The van der Waals surface area contributed by atoms with E-state index in [0.29, 0.717) is 11.8 Å². The second-order valence-electron chi connectivity index (χ2n) is 7.61. The van der Waals surface area contributed by atoms with E-state index in [2.05, 4.69) is 0 Å². The largest absolute Gasteiger partial charge is 0.390 e. The SMILES string of the molecule is CC(C)(O)C1CC2CC(C1)CC(C(C)(C)O)C2. The van der Waals surface area contributed by atoms with E-state index in [1.807, 2.05) is 27.7 Å². The van der Waals surface area contributed by atoms with Crippen molar-refractivity contribution in [2.75, 3.05) is 0 Å². The van der Waals surface area contributed by atoms with Gasteiger partial charge in [0.15, 0.2) is 0 Å². The van der Waals surface area contributed by atoms with Crippen LogP contribution >= 0.6 is 0 Å². The van der Waals surface area contributed by atoms with E-state index < -0.39 is 11.2 Å². The molecule has 2 N–H and O–H groups in total. The maximum atomic E-state index is 10.2. The lowest BCUT2D eigenvalue weighted by atomic mass is 9.59. The fraction of sp³-hybridized carbons (Fsp3) is 1.00. The first-order chi connectivity index (χ1) is 7.66. The third-order valence-corrected chi connectivity index (χ3v) is 5.14. The molecule has 0 aromatic rings. The molecule has 0 radical (unpaired) electrons. The zero-order valence-electron chi connectivity index (χ0n) is 11.7. The predicted molar refractivity (Wildman–Crippen MR) is 69.6 cm³/mol. The summed E-state index contributed by atoms with van der Waals surface area (Å²) in [4.78, 5) is 0. The highest BCUT2D eigenvalue weighted by molar-refractivity contribution is 4.94. The molecule has 100 valence electrons. The molecule has 2 aliphatic rings. The molecular formula is C15H28O2. The summed E-state index contributed by atoms with van der Waals surface area (Å²) in [6.07, 6.45) is 5.90. The molecule has 2 saturated carbocycles. The molecule has 0 saturated heterocycles. The summed E-state index contributed by atoms with van der Waals surface area (Å²) in [5, 5.41) is 20.3. The molecule has 0 aromatic heterocycles. The molecule has 2 aliphatic carbocycles. The van der Waals surface area contributed by atoms with Crippen molar-refractivity contribution in [1.29, 1.82) is 0 Å². The molecule has 0 atom stereocenters. The average Bonchev–Trinajstić information content (AvgIpc) is 2.13. The van der Waals surface area contributed by atoms with Gasteiger partial charge in [0.2, 0.25) is 0 Å². The maximum Gasteiger partial charge on any atom is 0.0620 e. The molecule has 0 aliphatic heterocycles. The highest BCUT2D eigenvalue weighted by atomic mass is 16.3. The third-order valence-electron chi connectivity index (χ3n) is 5.14. The smallest absolute Gasteiger partial charge is 0.0620 e. The van der Waals surface area contributed by atoms with Crippen molar-refractivity contribution >= 4 is 0 Å². The van der Waals surface area contributed by atoms with E-state index in [9.17, 15) is 10.2 Å². The van der Waals surface area contributed by atoms with Crippen molar-refractivity contribution < 1.29 is 10.2 Å². The minimum atomic E-state index is -0.529. The van der Waals surface area contributed by atoms with Gasteiger partial charge in [-0.1, -0.05) is 0 Å². The van der Waals surface area contributed by atoms with Gasteiger partial charge in [0, 0.05) is 0 Å². The summed E-state index contributed by atoms with van der Waals surface area (Å²) in [6, 6.07) is 0. The molecule has 0 heterocycles. The first-order valence-corrected chi connectivity index (χ1v) is 7.11. The Morgan fingerprint density at radius 1 is 0.647 bits per heavy atom. The molecule has 2 heteroatoms. The van der Waals surface area contributed by atoms with Crippen LogP contribution in [0.5, 0.6) is 0 Å². The lowest BCUT2D eigenvalue weighted by Crippen LogP contribution is -2.44. The van der Waals surface area contributed by atoms with Crippen molar-refractivity contribution in [2.24, 2.45) is 23.7 Å². The van der Waals surface area contributed by atoms with E-state index in [0.717, 1.165) is 37.5 Å². The van der Waals surface area contributed by atoms with Gasteiger partial charge in [0.25, 0.3) is 0 Å². The second-order valence-corrected chi connectivity index (χ2v) is 7.61. The Kier molecular flexibility index (Phi) is 3.33. The first-order valence-electron chi connectivity index (χ1n) is 7.11. The molecule has 17 heavy (non-hydrogen) atoms. The summed E-state index contributed by atoms with van der Waals surface area (Å²) in [5.41, 5.74) is -1.06. The summed E-state index contributed by atoms with van der Waals surface area (Å²) in [6.45, 7) is 7.80. The van der Waals surface area contributed by atoms with Crippen LogP contribution in [0.4, 0.5) is 0 Å². The third kappa shape index (κ3) is 3.03. The number of hydrogen-bond acceptors (Lipinski definition) is 2. The number of aliphatic hydroxyl groups is 2. The molecule has 2 fully saturated rings. The van der Waals surface area contributed by atoms with Gasteiger partial charge in [-0.2, -0.15) is 0 Å². The van der Waals surface area contributed by atoms with Crippen LogP contribution in [0.1, 0.15) is 59.8 Å². The molecule has 2 nitrogen and oxygen atoms in total. The van der Waals surface area contributed by atoms with Gasteiger partial charge in [-0.15, -0.1) is 0 Å². The Morgan fingerprint density at radius 3 is 1.18 bits per heavy atom. The van der Waals surface area contributed by atoms with E-state index in [-0.39, 0.29) is 0 Å². The van der Waals surface area contributed by atoms with Gasteiger partial charge in [0.05, 0.1) is 11.2 Å².